The highest BCUT2D eigenvalue weighted by molar-refractivity contribution is 9.10. The minimum Gasteiger partial charge on any atom is -0.359 e. The molecule has 1 aromatic rings. The number of halogens is 1. The Morgan fingerprint density at radius 1 is 1.33 bits per heavy atom. The molecule has 1 aromatic carbocycles. The zero-order valence-corrected chi connectivity index (χ0v) is 10.9. The van der Waals surface area contributed by atoms with E-state index in [1.807, 2.05) is 18.2 Å². The molecule has 0 saturated heterocycles. The second kappa shape index (κ2) is 4.72. The van der Waals surface area contributed by atoms with E-state index in [1.54, 1.807) is 0 Å². The SMILES string of the molecule is CC(C)C(C)(C#CN)c1ccccc1Br. The zero-order chi connectivity index (χ0) is 11.5. The lowest BCUT2D eigenvalue weighted by atomic mass is 9.74. The lowest BCUT2D eigenvalue weighted by Crippen LogP contribution is -2.27. The Morgan fingerprint density at radius 2 is 1.93 bits per heavy atom. The summed E-state index contributed by atoms with van der Waals surface area (Å²) >= 11 is 3.56. The van der Waals surface area contributed by atoms with Crippen LogP contribution in [0.2, 0.25) is 0 Å². The average Bonchev–Trinajstić information content (AvgIpc) is 2.18. The Labute approximate surface area is 100 Å². The molecule has 2 heteroatoms. The zero-order valence-electron chi connectivity index (χ0n) is 9.34. The summed E-state index contributed by atoms with van der Waals surface area (Å²) in [5.74, 6) is 3.52. The van der Waals surface area contributed by atoms with Gasteiger partial charge in [0, 0.05) is 10.5 Å². The van der Waals surface area contributed by atoms with E-state index in [4.69, 9.17) is 5.73 Å². The number of rotatable bonds is 2. The van der Waals surface area contributed by atoms with Crippen LogP contribution in [-0.2, 0) is 5.41 Å². The van der Waals surface area contributed by atoms with Crippen LogP contribution in [0.3, 0.4) is 0 Å². The number of hydrogen-bond donors (Lipinski definition) is 1. The van der Waals surface area contributed by atoms with Crippen LogP contribution in [0.25, 0.3) is 0 Å². The molecular formula is C13H16BrN. The van der Waals surface area contributed by atoms with Crippen LogP contribution in [0.5, 0.6) is 0 Å². The van der Waals surface area contributed by atoms with E-state index in [9.17, 15) is 0 Å². The highest BCUT2D eigenvalue weighted by atomic mass is 79.9. The van der Waals surface area contributed by atoms with Gasteiger partial charge >= 0.3 is 0 Å². The maximum Gasteiger partial charge on any atom is 0.0586 e. The molecule has 0 amide bonds. The van der Waals surface area contributed by atoms with Gasteiger partial charge in [-0.3, -0.25) is 0 Å². The summed E-state index contributed by atoms with van der Waals surface area (Å²) in [5, 5.41) is 0. The summed E-state index contributed by atoms with van der Waals surface area (Å²) in [6, 6.07) is 10.7. The summed E-state index contributed by atoms with van der Waals surface area (Å²) in [6.45, 7) is 6.44. The Balaban J connectivity index is 3.32. The van der Waals surface area contributed by atoms with Crippen molar-refractivity contribution in [3.63, 3.8) is 0 Å². The molecule has 0 bridgehead atoms. The molecule has 2 N–H and O–H groups in total. The Hall–Kier alpha value is -0.940. The quantitative estimate of drug-likeness (QED) is 0.645. The third kappa shape index (κ3) is 2.35. The minimum atomic E-state index is -0.200. The van der Waals surface area contributed by atoms with Crippen LogP contribution in [0, 0.1) is 17.9 Å². The second-order valence-corrected chi connectivity index (χ2v) is 4.96. The maximum absolute atomic E-state index is 5.36. The van der Waals surface area contributed by atoms with Crippen molar-refractivity contribution in [1.82, 2.24) is 0 Å². The number of nitrogens with two attached hydrogens (primary N) is 1. The first kappa shape index (κ1) is 12.1. The lowest BCUT2D eigenvalue weighted by Gasteiger charge is -2.29. The van der Waals surface area contributed by atoms with E-state index in [1.165, 1.54) is 5.56 Å². The smallest absolute Gasteiger partial charge is 0.0586 e. The van der Waals surface area contributed by atoms with Gasteiger partial charge in [0.25, 0.3) is 0 Å². The molecule has 0 aliphatic rings. The molecule has 1 nitrogen and oxygen atoms in total. The van der Waals surface area contributed by atoms with E-state index >= 15 is 0 Å². The van der Waals surface area contributed by atoms with Crippen molar-refractivity contribution in [3.8, 4) is 12.0 Å². The van der Waals surface area contributed by atoms with Crippen molar-refractivity contribution < 1.29 is 0 Å². The van der Waals surface area contributed by atoms with Crippen molar-refractivity contribution in [2.75, 3.05) is 0 Å². The lowest BCUT2D eigenvalue weighted by molar-refractivity contribution is 0.434. The van der Waals surface area contributed by atoms with Gasteiger partial charge in [0.1, 0.15) is 0 Å². The largest absolute Gasteiger partial charge is 0.359 e. The number of benzene rings is 1. The van der Waals surface area contributed by atoms with Gasteiger partial charge < -0.3 is 5.73 Å². The van der Waals surface area contributed by atoms with Crippen LogP contribution in [0.4, 0.5) is 0 Å². The van der Waals surface area contributed by atoms with Crippen LogP contribution >= 0.6 is 15.9 Å². The molecule has 1 unspecified atom stereocenters. The van der Waals surface area contributed by atoms with Crippen molar-refractivity contribution in [2.45, 2.75) is 26.2 Å². The molecule has 1 rings (SSSR count). The standard InChI is InChI=1S/C13H16BrN/c1-10(2)13(3,8-9-15)11-6-4-5-7-12(11)14/h4-7,10H,15H2,1-3H3. The molecule has 1 atom stereocenters. The predicted molar refractivity (Wildman–Crippen MR) is 68.3 cm³/mol. The van der Waals surface area contributed by atoms with Crippen LogP contribution in [0.1, 0.15) is 26.3 Å². The monoisotopic (exact) mass is 265 g/mol. The van der Waals surface area contributed by atoms with E-state index in [-0.39, 0.29) is 5.41 Å². The average molecular weight is 266 g/mol. The highest BCUT2D eigenvalue weighted by Crippen LogP contribution is 2.35. The van der Waals surface area contributed by atoms with Crippen LogP contribution in [0.15, 0.2) is 28.7 Å². The van der Waals surface area contributed by atoms with Gasteiger partial charge in [0.05, 0.1) is 5.41 Å². The van der Waals surface area contributed by atoms with Gasteiger partial charge in [0.15, 0.2) is 0 Å². The van der Waals surface area contributed by atoms with Gasteiger partial charge in [-0.1, -0.05) is 53.9 Å². The van der Waals surface area contributed by atoms with Crippen molar-refractivity contribution in [1.29, 1.82) is 0 Å². The summed E-state index contributed by atoms with van der Waals surface area (Å²) < 4.78 is 1.09. The molecule has 0 aliphatic heterocycles. The first-order valence-corrected chi connectivity index (χ1v) is 5.79. The van der Waals surface area contributed by atoms with E-state index in [2.05, 4.69) is 54.7 Å². The van der Waals surface area contributed by atoms with E-state index in [0.717, 1.165) is 4.47 Å². The Bertz CT molecular complexity index is 400. The third-order valence-electron chi connectivity index (χ3n) is 2.92. The van der Waals surface area contributed by atoms with Gasteiger partial charge in [-0.2, -0.15) is 0 Å². The molecule has 0 radical (unpaired) electrons. The summed E-state index contributed by atoms with van der Waals surface area (Å²) in [4.78, 5) is 0. The van der Waals surface area contributed by atoms with E-state index < -0.39 is 0 Å². The molecule has 0 aliphatic carbocycles. The number of hydrogen-bond acceptors (Lipinski definition) is 1. The highest BCUT2D eigenvalue weighted by Gasteiger charge is 2.30. The second-order valence-electron chi connectivity index (χ2n) is 4.11. The molecule has 15 heavy (non-hydrogen) atoms. The third-order valence-corrected chi connectivity index (χ3v) is 3.61. The van der Waals surface area contributed by atoms with Crippen molar-refractivity contribution >= 4 is 15.9 Å². The normalized spacial score (nSPS) is 14.2. The Morgan fingerprint density at radius 3 is 2.40 bits per heavy atom. The van der Waals surface area contributed by atoms with E-state index in [0.29, 0.717) is 5.92 Å². The fourth-order valence-corrected chi connectivity index (χ4v) is 2.25. The van der Waals surface area contributed by atoms with Gasteiger partial charge in [-0.15, -0.1) is 0 Å². The van der Waals surface area contributed by atoms with Gasteiger partial charge in [-0.25, -0.2) is 0 Å². The first-order chi connectivity index (χ1) is 7.02. The molecule has 0 spiro atoms. The first-order valence-electron chi connectivity index (χ1n) is 5.00. The summed E-state index contributed by atoms with van der Waals surface area (Å²) in [7, 11) is 0. The maximum atomic E-state index is 5.36. The topological polar surface area (TPSA) is 26.0 Å². The molecule has 0 fully saturated rings. The summed E-state index contributed by atoms with van der Waals surface area (Å²) in [5.41, 5.74) is 6.36. The molecule has 0 saturated carbocycles. The fourth-order valence-electron chi connectivity index (χ4n) is 1.55. The molecule has 0 aromatic heterocycles. The van der Waals surface area contributed by atoms with Gasteiger partial charge in [0.2, 0.25) is 0 Å². The predicted octanol–water partition coefficient (Wildman–Crippen LogP) is 3.28. The van der Waals surface area contributed by atoms with Crippen LogP contribution in [-0.4, -0.2) is 0 Å². The Kier molecular flexibility index (Phi) is 3.82. The van der Waals surface area contributed by atoms with Crippen molar-refractivity contribution in [2.24, 2.45) is 11.7 Å². The minimum absolute atomic E-state index is 0.200. The molecular weight excluding hydrogens is 250 g/mol. The van der Waals surface area contributed by atoms with Crippen molar-refractivity contribution in [3.05, 3.63) is 34.3 Å². The summed E-state index contributed by atoms with van der Waals surface area (Å²) in [6.07, 6.45) is 0. The fraction of sp³-hybridized carbons (Fsp3) is 0.385. The molecule has 80 valence electrons. The van der Waals surface area contributed by atoms with Crippen LogP contribution < -0.4 is 5.73 Å². The van der Waals surface area contributed by atoms with Gasteiger partial charge in [-0.05, 0) is 24.5 Å². The molecule has 0 heterocycles.